The summed E-state index contributed by atoms with van der Waals surface area (Å²) in [6.07, 6.45) is 4.58. The summed E-state index contributed by atoms with van der Waals surface area (Å²) in [4.78, 5) is 4.25. The molecular formula is C17H25NO3S2. The standard InChI is InChI=1S/C17H25NO3S2/c1-3-5-11-17(19,12-6-4-2)13-23(20,21)16-18-14-9-7-8-10-15(14)22-16/h7-10,19H,3-6,11-13H2,1-2H3. The molecule has 0 fully saturated rings. The molecule has 0 saturated carbocycles. The fraction of sp³-hybridized carbons (Fsp3) is 0.588. The summed E-state index contributed by atoms with van der Waals surface area (Å²) in [6.45, 7) is 4.09. The van der Waals surface area contributed by atoms with Crippen LogP contribution >= 0.6 is 11.3 Å². The summed E-state index contributed by atoms with van der Waals surface area (Å²) in [5, 5.41) is 10.8. The maximum Gasteiger partial charge on any atom is 0.210 e. The second-order valence-electron chi connectivity index (χ2n) is 6.14. The van der Waals surface area contributed by atoms with Gasteiger partial charge in [0.15, 0.2) is 0 Å². The Morgan fingerprint density at radius 1 is 1.13 bits per heavy atom. The highest BCUT2D eigenvalue weighted by molar-refractivity contribution is 7.93. The Hall–Kier alpha value is -0.980. The molecule has 2 rings (SSSR count). The molecule has 1 N–H and O–H groups in total. The zero-order valence-corrected chi connectivity index (χ0v) is 15.4. The van der Waals surface area contributed by atoms with Crippen molar-refractivity contribution in [3.05, 3.63) is 24.3 Å². The molecule has 128 valence electrons. The fourth-order valence-corrected chi connectivity index (χ4v) is 5.69. The van der Waals surface area contributed by atoms with Crippen LogP contribution in [0.15, 0.2) is 28.6 Å². The Labute approximate surface area is 142 Å². The van der Waals surface area contributed by atoms with Gasteiger partial charge in [-0.15, -0.1) is 11.3 Å². The Balaban J connectivity index is 2.25. The van der Waals surface area contributed by atoms with Gasteiger partial charge in [-0.3, -0.25) is 0 Å². The number of benzene rings is 1. The number of thiazole rings is 1. The number of aliphatic hydroxyl groups is 1. The molecule has 0 atom stereocenters. The fourth-order valence-electron chi connectivity index (χ4n) is 2.68. The molecule has 0 aliphatic rings. The molecule has 0 bridgehead atoms. The van der Waals surface area contributed by atoms with Crippen molar-refractivity contribution in [2.24, 2.45) is 0 Å². The number of hydrogen-bond donors (Lipinski definition) is 1. The van der Waals surface area contributed by atoms with E-state index in [1.165, 1.54) is 11.3 Å². The number of unbranched alkanes of at least 4 members (excludes halogenated alkanes) is 2. The minimum absolute atomic E-state index is 0.116. The SMILES string of the molecule is CCCCC(O)(CCCC)CS(=O)(=O)c1nc2ccccc2s1. The molecule has 0 radical (unpaired) electrons. The van der Waals surface area contributed by atoms with Gasteiger partial charge in [-0.1, -0.05) is 51.7 Å². The molecule has 2 aromatic rings. The molecule has 0 amide bonds. The van der Waals surface area contributed by atoms with E-state index in [0.717, 1.165) is 30.4 Å². The van der Waals surface area contributed by atoms with Gasteiger partial charge in [0, 0.05) is 0 Å². The minimum atomic E-state index is -3.58. The molecule has 0 aliphatic heterocycles. The van der Waals surface area contributed by atoms with Gasteiger partial charge in [0.05, 0.1) is 21.6 Å². The maximum atomic E-state index is 12.7. The van der Waals surface area contributed by atoms with Crippen LogP contribution in [-0.4, -0.2) is 29.9 Å². The van der Waals surface area contributed by atoms with Crippen LogP contribution in [0.5, 0.6) is 0 Å². The lowest BCUT2D eigenvalue weighted by Crippen LogP contribution is -2.37. The number of sulfone groups is 1. The Morgan fingerprint density at radius 2 is 1.74 bits per heavy atom. The number of nitrogens with zero attached hydrogens (tertiary/aromatic N) is 1. The van der Waals surface area contributed by atoms with E-state index in [9.17, 15) is 13.5 Å². The first-order valence-corrected chi connectivity index (χ1v) is 10.7. The molecule has 0 saturated heterocycles. The van der Waals surface area contributed by atoms with Crippen molar-refractivity contribution in [3.63, 3.8) is 0 Å². The second kappa shape index (κ2) is 7.73. The second-order valence-corrected chi connectivity index (χ2v) is 9.33. The van der Waals surface area contributed by atoms with Crippen LogP contribution < -0.4 is 0 Å². The summed E-state index contributed by atoms with van der Waals surface area (Å²) in [6, 6.07) is 7.39. The van der Waals surface area contributed by atoms with Crippen LogP contribution in [0.1, 0.15) is 52.4 Å². The average Bonchev–Trinajstić information content (AvgIpc) is 2.96. The highest BCUT2D eigenvalue weighted by Crippen LogP contribution is 2.30. The first-order chi connectivity index (χ1) is 10.9. The lowest BCUT2D eigenvalue weighted by atomic mass is 9.93. The van der Waals surface area contributed by atoms with Crippen LogP contribution in [0.2, 0.25) is 0 Å². The van der Waals surface area contributed by atoms with Crippen LogP contribution in [0.3, 0.4) is 0 Å². The van der Waals surface area contributed by atoms with Gasteiger partial charge in [0.2, 0.25) is 14.2 Å². The van der Waals surface area contributed by atoms with E-state index in [0.29, 0.717) is 18.4 Å². The molecule has 23 heavy (non-hydrogen) atoms. The summed E-state index contributed by atoms with van der Waals surface area (Å²) >= 11 is 1.18. The molecule has 6 heteroatoms. The lowest BCUT2D eigenvalue weighted by Gasteiger charge is -2.27. The van der Waals surface area contributed by atoms with Gasteiger partial charge in [-0.2, -0.15) is 0 Å². The van der Waals surface area contributed by atoms with Gasteiger partial charge in [-0.05, 0) is 25.0 Å². The monoisotopic (exact) mass is 355 g/mol. The molecule has 4 nitrogen and oxygen atoms in total. The van der Waals surface area contributed by atoms with Gasteiger partial charge < -0.3 is 5.11 Å². The van der Waals surface area contributed by atoms with Crippen molar-refractivity contribution in [2.75, 3.05) is 5.75 Å². The van der Waals surface area contributed by atoms with E-state index in [1.807, 2.05) is 38.1 Å². The zero-order chi connectivity index (χ0) is 16.9. The van der Waals surface area contributed by atoms with E-state index in [2.05, 4.69) is 4.98 Å². The Morgan fingerprint density at radius 3 is 2.30 bits per heavy atom. The average molecular weight is 356 g/mol. The van der Waals surface area contributed by atoms with Crippen molar-refractivity contribution in [1.82, 2.24) is 4.98 Å². The normalized spacial score (nSPS) is 12.8. The van der Waals surface area contributed by atoms with Gasteiger partial charge in [0.1, 0.15) is 0 Å². The van der Waals surface area contributed by atoms with E-state index >= 15 is 0 Å². The van der Waals surface area contributed by atoms with Crippen molar-refractivity contribution in [3.8, 4) is 0 Å². The predicted molar refractivity (Wildman–Crippen MR) is 95.7 cm³/mol. The van der Waals surface area contributed by atoms with Gasteiger partial charge >= 0.3 is 0 Å². The van der Waals surface area contributed by atoms with Gasteiger partial charge in [-0.25, -0.2) is 13.4 Å². The van der Waals surface area contributed by atoms with E-state index in [1.54, 1.807) is 0 Å². The van der Waals surface area contributed by atoms with Crippen molar-refractivity contribution < 1.29 is 13.5 Å². The predicted octanol–water partition coefficient (Wildman–Crippen LogP) is 4.18. The molecular weight excluding hydrogens is 330 g/mol. The van der Waals surface area contributed by atoms with E-state index in [4.69, 9.17) is 0 Å². The Bertz CT molecular complexity index is 696. The molecule has 1 aromatic heterocycles. The Kier molecular flexibility index (Phi) is 6.17. The first kappa shape index (κ1) is 18.4. The highest BCUT2D eigenvalue weighted by Gasteiger charge is 2.34. The number of aromatic nitrogens is 1. The molecule has 1 aromatic carbocycles. The number of para-hydroxylation sites is 1. The zero-order valence-electron chi connectivity index (χ0n) is 13.8. The summed E-state index contributed by atoms with van der Waals surface area (Å²) in [7, 11) is -3.58. The lowest BCUT2D eigenvalue weighted by molar-refractivity contribution is 0.0408. The topological polar surface area (TPSA) is 67.3 Å². The van der Waals surface area contributed by atoms with Crippen LogP contribution in [-0.2, 0) is 9.84 Å². The smallest absolute Gasteiger partial charge is 0.210 e. The number of hydrogen-bond acceptors (Lipinski definition) is 5. The van der Waals surface area contributed by atoms with Gasteiger partial charge in [0.25, 0.3) is 0 Å². The molecule has 0 spiro atoms. The number of rotatable bonds is 9. The van der Waals surface area contributed by atoms with E-state index < -0.39 is 15.4 Å². The third kappa shape index (κ3) is 4.75. The van der Waals surface area contributed by atoms with E-state index in [-0.39, 0.29) is 10.1 Å². The maximum absolute atomic E-state index is 12.7. The quantitative estimate of drug-likeness (QED) is 0.732. The van der Waals surface area contributed by atoms with Crippen molar-refractivity contribution in [2.45, 2.75) is 62.3 Å². The molecule has 0 aliphatic carbocycles. The highest BCUT2D eigenvalue weighted by atomic mass is 32.2. The summed E-state index contributed by atoms with van der Waals surface area (Å²) in [5.74, 6) is -0.236. The minimum Gasteiger partial charge on any atom is -0.389 e. The third-order valence-corrected chi connectivity index (χ3v) is 7.37. The molecule has 0 unspecified atom stereocenters. The third-order valence-electron chi connectivity index (χ3n) is 3.99. The van der Waals surface area contributed by atoms with Crippen LogP contribution in [0.4, 0.5) is 0 Å². The number of fused-ring (bicyclic) bond motifs is 1. The van der Waals surface area contributed by atoms with Crippen molar-refractivity contribution >= 4 is 31.4 Å². The largest absolute Gasteiger partial charge is 0.389 e. The first-order valence-electron chi connectivity index (χ1n) is 8.21. The van der Waals surface area contributed by atoms with Crippen LogP contribution in [0, 0.1) is 0 Å². The van der Waals surface area contributed by atoms with Crippen LogP contribution in [0.25, 0.3) is 10.2 Å². The molecule has 1 heterocycles. The summed E-state index contributed by atoms with van der Waals surface area (Å²) in [5.41, 5.74) is -0.454. The van der Waals surface area contributed by atoms with Crippen molar-refractivity contribution in [1.29, 1.82) is 0 Å². The summed E-state index contributed by atoms with van der Waals surface area (Å²) < 4.78 is 26.4.